The molecule has 0 radical (unpaired) electrons. The molecule has 11 heteroatoms. The normalized spacial score (nSPS) is 17.7. The van der Waals surface area contributed by atoms with E-state index in [1.54, 1.807) is 42.5 Å². The third-order valence-corrected chi connectivity index (χ3v) is 8.11. The van der Waals surface area contributed by atoms with Gasteiger partial charge < -0.3 is 19.9 Å². The van der Waals surface area contributed by atoms with E-state index in [0.29, 0.717) is 40.5 Å². The first-order chi connectivity index (χ1) is 22.6. The van der Waals surface area contributed by atoms with E-state index in [1.807, 2.05) is 42.5 Å². The quantitative estimate of drug-likeness (QED) is 0.147. The molecule has 6 nitrogen and oxygen atoms in total. The van der Waals surface area contributed by atoms with Crippen molar-refractivity contribution in [2.75, 3.05) is 13.2 Å². The average molecular weight is 684 g/mol. The summed E-state index contributed by atoms with van der Waals surface area (Å²) in [5.41, 5.74) is 0.0998. The smallest absolute Gasteiger partial charge is 0.416 e. The molecule has 4 aromatic rings. The highest BCUT2D eigenvalue weighted by Gasteiger charge is 2.53. The first-order valence-corrected chi connectivity index (χ1v) is 15.6. The van der Waals surface area contributed by atoms with Crippen LogP contribution >= 0.6 is 23.2 Å². The number of aliphatic hydroxyl groups is 1. The van der Waals surface area contributed by atoms with E-state index >= 15 is 0 Å². The van der Waals surface area contributed by atoms with Crippen LogP contribution in [0, 0.1) is 0 Å². The summed E-state index contributed by atoms with van der Waals surface area (Å²) >= 11 is 12.9. The summed E-state index contributed by atoms with van der Waals surface area (Å²) in [7, 11) is 0. The molecule has 0 aliphatic carbocycles. The molecular weight excluding hydrogens is 652 g/mol. The first kappa shape index (κ1) is 34.0. The SMILES string of the molecule is O=C(NCc1ccc(C(F)(F)F)cc1)[C@]1(C/C=C/c2ccccc2)N=C(c2ccc(OCCCO)cc2)O[C@@H]1c1ccc(Cl)cc1Cl. The van der Waals surface area contributed by atoms with Crippen molar-refractivity contribution in [1.29, 1.82) is 0 Å². The van der Waals surface area contributed by atoms with Crippen LogP contribution in [0.3, 0.4) is 0 Å². The predicted molar refractivity (Wildman–Crippen MR) is 177 cm³/mol. The number of nitrogens with zero attached hydrogens (tertiary/aromatic N) is 1. The van der Waals surface area contributed by atoms with E-state index < -0.39 is 29.3 Å². The lowest BCUT2D eigenvalue weighted by Gasteiger charge is -2.30. The number of amides is 1. The van der Waals surface area contributed by atoms with Crippen molar-refractivity contribution in [3.8, 4) is 5.75 Å². The lowest BCUT2D eigenvalue weighted by molar-refractivity contribution is -0.137. The third-order valence-electron chi connectivity index (χ3n) is 7.55. The van der Waals surface area contributed by atoms with Crippen molar-refractivity contribution >= 4 is 41.1 Å². The highest BCUT2D eigenvalue weighted by atomic mass is 35.5. The fourth-order valence-electron chi connectivity index (χ4n) is 5.09. The fourth-order valence-corrected chi connectivity index (χ4v) is 5.60. The lowest BCUT2D eigenvalue weighted by Crippen LogP contribution is -2.47. The zero-order valence-electron chi connectivity index (χ0n) is 25.0. The second kappa shape index (κ2) is 15.1. The Balaban J connectivity index is 1.53. The number of halogens is 5. The highest BCUT2D eigenvalue weighted by Crippen LogP contribution is 2.45. The molecule has 0 spiro atoms. The van der Waals surface area contributed by atoms with Gasteiger partial charge in [0.2, 0.25) is 5.90 Å². The van der Waals surface area contributed by atoms with Crippen LogP contribution in [0.2, 0.25) is 10.0 Å². The summed E-state index contributed by atoms with van der Waals surface area (Å²) in [6, 6.07) is 26.0. The van der Waals surface area contributed by atoms with Crippen LogP contribution in [0.5, 0.6) is 5.75 Å². The second-order valence-corrected chi connectivity index (χ2v) is 11.7. The van der Waals surface area contributed by atoms with Gasteiger partial charge in [-0.3, -0.25) is 4.79 Å². The van der Waals surface area contributed by atoms with E-state index in [4.69, 9.17) is 42.8 Å². The summed E-state index contributed by atoms with van der Waals surface area (Å²) in [5.74, 6) is 0.273. The summed E-state index contributed by atoms with van der Waals surface area (Å²) < 4.78 is 51.5. The van der Waals surface area contributed by atoms with Crippen molar-refractivity contribution in [1.82, 2.24) is 5.32 Å². The number of nitrogens with one attached hydrogen (secondary N) is 1. The molecule has 0 saturated heterocycles. The molecule has 244 valence electrons. The molecule has 0 saturated carbocycles. The zero-order valence-corrected chi connectivity index (χ0v) is 26.5. The van der Waals surface area contributed by atoms with Crippen molar-refractivity contribution in [3.05, 3.63) is 141 Å². The van der Waals surface area contributed by atoms with Gasteiger partial charge in [-0.15, -0.1) is 0 Å². The Bertz CT molecular complexity index is 1730. The third kappa shape index (κ3) is 8.35. The molecule has 1 aliphatic heterocycles. The van der Waals surface area contributed by atoms with E-state index in [-0.39, 0.29) is 30.5 Å². The maximum absolute atomic E-state index is 14.3. The van der Waals surface area contributed by atoms with Crippen molar-refractivity contribution in [3.63, 3.8) is 0 Å². The Morgan fingerprint density at radius 3 is 2.38 bits per heavy atom. The molecule has 0 aromatic heterocycles. The number of carbonyl (C=O) groups is 1. The van der Waals surface area contributed by atoms with Gasteiger partial charge in [0.1, 0.15) is 5.75 Å². The molecule has 0 bridgehead atoms. The Morgan fingerprint density at radius 1 is 1.00 bits per heavy atom. The lowest BCUT2D eigenvalue weighted by atomic mass is 9.84. The first-order valence-electron chi connectivity index (χ1n) is 14.8. The number of ether oxygens (including phenoxy) is 2. The fraction of sp³-hybridized carbons (Fsp3) is 0.222. The molecule has 5 rings (SSSR count). The van der Waals surface area contributed by atoms with Gasteiger partial charge in [0.15, 0.2) is 11.6 Å². The topological polar surface area (TPSA) is 80.2 Å². The van der Waals surface area contributed by atoms with E-state index in [2.05, 4.69) is 5.32 Å². The maximum Gasteiger partial charge on any atom is 0.416 e. The van der Waals surface area contributed by atoms with Crippen LogP contribution in [-0.2, 0) is 22.3 Å². The molecule has 0 fully saturated rings. The van der Waals surface area contributed by atoms with Gasteiger partial charge in [-0.1, -0.05) is 83.9 Å². The van der Waals surface area contributed by atoms with Gasteiger partial charge in [-0.2, -0.15) is 13.2 Å². The number of hydrogen-bond acceptors (Lipinski definition) is 5. The Morgan fingerprint density at radius 2 is 1.72 bits per heavy atom. The van der Waals surface area contributed by atoms with Crippen LogP contribution in [-0.4, -0.2) is 35.7 Å². The number of aliphatic hydroxyl groups excluding tert-OH is 1. The van der Waals surface area contributed by atoms with Crippen LogP contribution in [0.15, 0.2) is 108 Å². The number of aliphatic imine (C=N–C) groups is 1. The van der Waals surface area contributed by atoms with Gasteiger partial charge in [-0.25, -0.2) is 4.99 Å². The largest absolute Gasteiger partial charge is 0.494 e. The molecule has 1 heterocycles. The van der Waals surface area contributed by atoms with Crippen LogP contribution in [0.4, 0.5) is 13.2 Å². The Hall–Kier alpha value is -4.31. The van der Waals surface area contributed by atoms with Crippen LogP contribution in [0.1, 0.15) is 46.8 Å². The number of rotatable bonds is 12. The summed E-state index contributed by atoms with van der Waals surface area (Å²) in [4.78, 5) is 19.3. The number of alkyl halides is 3. The standard InChI is InChI=1S/C36H31Cl2F3N2O4/c37-28-15-18-30(31(38)22-28)32-35(19-4-8-24-6-2-1-3-7-24,34(45)42-23-25-9-13-27(14-10-25)36(39,40)41)43-33(47-32)26-11-16-29(17-12-26)46-21-5-20-44/h1-4,6-18,22,32,44H,5,19-21,23H2,(H,42,45)/b8-4+/t32-,35-/m1/s1. The van der Waals surface area contributed by atoms with Gasteiger partial charge in [-0.05, 0) is 59.7 Å². The minimum absolute atomic E-state index is 0.0130. The monoisotopic (exact) mass is 682 g/mol. The maximum atomic E-state index is 14.3. The van der Waals surface area contributed by atoms with Crippen molar-refractivity contribution in [2.24, 2.45) is 4.99 Å². The summed E-state index contributed by atoms with van der Waals surface area (Å²) in [5, 5.41) is 12.6. The zero-order chi connectivity index (χ0) is 33.4. The number of carbonyl (C=O) groups excluding carboxylic acids is 1. The van der Waals surface area contributed by atoms with E-state index in [1.165, 1.54) is 12.1 Å². The number of benzene rings is 4. The molecule has 2 atom stereocenters. The predicted octanol–water partition coefficient (Wildman–Crippen LogP) is 8.45. The van der Waals surface area contributed by atoms with Gasteiger partial charge >= 0.3 is 6.18 Å². The molecular formula is C36H31Cl2F3N2O4. The number of hydrogen-bond donors (Lipinski definition) is 2. The van der Waals surface area contributed by atoms with Gasteiger partial charge in [0, 0.05) is 47.2 Å². The van der Waals surface area contributed by atoms with E-state index in [0.717, 1.165) is 17.7 Å². The van der Waals surface area contributed by atoms with Crippen LogP contribution < -0.4 is 10.1 Å². The second-order valence-electron chi connectivity index (χ2n) is 10.8. The summed E-state index contributed by atoms with van der Waals surface area (Å²) in [6.07, 6.45) is -1.18. The molecule has 4 aromatic carbocycles. The Kier molecular flexibility index (Phi) is 10.9. The molecule has 1 amide bonds. The molecule has 47 heavy (non-hydrogen) atoms. The van der Waals surface area contributed by atoms with Gasteiger partial charge in [0.25, 0.3) is 5.91 Å². The highest BCUT2D eigenvalue weighted by molar-refractivity contribution is 6.35. The average Bonchev–Trinajstić information content (AvgIpc) is 3.44. The van der Waals surface area contributed by atoms with Gasteiger partial charge in [0.05, 0.1) is 12.2 Å². The van der Waals surface area contributed by atoms with Crippen molar-refractivity contribution < 1.29 is 32.5 Å². The Labute approximate surface area is 280 Å². The molecule has 1 aliphatic rings. The van der Waals surface area contributed by atoms with Crippen molar-refractivity contribution in [2.45, 2.75) is 37.2 Å². The van der Waals surface area contributed by atoms with Crippen LogP contribution in [0.25, 0.3) is 6.08 Å². The van der Waals surface area contributed by atoms with E-state index in [9.17, 15) is 18.0 Å². The summed E-state index contributed by atoms with van der Waals surface area (Å²) in [6.45, 7) is 0.312. The minimum Gasteiger partial charge on any atom is -0.494 e. The molecule has 2 N–H and O–H groups in total. The minimum atomic E-state index is -4.47. The molecule has 0 unspecified atom stereocenters.